The maximum Gasteiger partial charge on any atom is 0.246 e. The largest absolute Gasteiger partial charge is 0.375 e. The van der Waals surface area contributed by atoms with Crippen LogP contribution in [0, 0.1) is 4.91 Å². The van der Waals surface area contributed by atoms with Crippen molar-refractivity contribution in [2.45, 2.75) is 58.2 Å². The van der Waals surface area contributed by atoms with Crippen LogP contribution in [-0.2, 0) is 14.3 Å². The maximum absolute atomic E-state index is 11.5. The molecule has 1 aliphatic rings. The van der Waals surface area contributed by atoms with Crippen molar-refractivity contribution in [2.75, 3.05) is 32.8 Å². The Morgan fingerprint density at radius 1 is 1.22 bits per heavy atom. The van der Waals surface area contributed by atoms with E-state index in [2.05, 4.69) is 5.18 Å². The Bertz CT molecular complexity index is 423. The predicted molar refractivity (Wildman–Crippen MR) is 90.3 cm³/mol. The fraction of sp³-hybridized carbons (Fsp3) is 0.824. The molecule has 0 radical (unpaired) electrons. The second-order valence-corrected chi connectivity index (χ2v) is 6.80. The van der Waals surface area contributed by atoms with Gasteiger partial charge in [-0.25, -0.2) is 0 Å². The molecular weight excluding hydrogens is 296 g/mol. The molecule has 1 rings (SSSR count). The van der Waals surface area contributed by atoms with Crippen molar-refractivity contribution in [2.24, 2.45) is 5.18 Å². The summed E-state index contributed by atoms with van der Waals surface area (Å²) in [4.78, 5) is 23.5. The van der Waals surface area contributed by atoms with Crippen molar-refractivity contribution in [3.8, 4) is 0 Å². The van der Waals surface area contributed by atoms with E-state index in [0.29, 0.717) is 32.7 Å². The second-order valence-electron chi connectivity index (χ2n) is 6.80. The average molecular weight is 326 g/mol. The van der Waals surface area contributed by atoms with Crippen molar-refractivity contribution in [1.29, 1.82) is 0 Å². The molecule has 6 nitrogen and oxygen atoms in total. The smallest absolute Gasteiger partial charge is 0.246 e. The number of ether oxygens (including phenoxy) is 2. The summed E-state index contributed by atoms with van der Waals surface area (Å²) in [5.41, 5.74) is -0.620. The van der Waals surface area contributed by atoms with Gasteiger partial charge in [0.05, 0.1) is 31.0 Å². The molecule has 0 bridgehead atoms. The summed E-state index contributed by atoms with van der Waals surface area (Å²) in [6, 6.07) is 0. The van der Waals surface area contributed by atoms with E-state index in [1.54, 1.807) is 11.0 Å². The van der Waals surface area contributed by atoms with Crippen molar-refractivity contribution in [1.82, 2.24) is 4.90 Å². The van der Waals surface area contributed by atoms with Crippen LogP contribution >= 0.6 is 0 Å². The van der Waals surface area contributed by atoms with Gasteiger partial charge >= 0.3 is 0 Å². The van der Waals surface area contributed by atoms with Gasteiger partial charge in [0, 0.05) is 19.2 Å². The maximum atomic E-state index is 11.5. The molecule has 1 heterocycles. The third kappa shape index (κ3) is 7.22. The number of nitroso groups, excluding NO2 is 1. The van der Waals surface area contributed by atoms with Gasteiger partial charge in [0.15, 0.2) is 0 Å². The Hall–Kier alpha value is -1.27. The number of carbonyl (C=O) groups excluding carboxylic acids is 1. The van der Waals surface area contributed by atoms with Crippen molar-refractivity contribution in [3.63, 3.8) is 0 Å². The molecule has 0 aromatic heterocycles. The zero-order valence-electron chi connectivity index (χ0n) is 14.8. The molecule has 0 aromatic rings. The molecule has 1 amide bonds. The lowest BCUT2D eigenvalue weighted by molar-refractivity contribution is -0.126. The average Bonchev–Trinajstić information content (AvgIpc) is 2.90. The topological polar surface area (TPSA) is 68.2 Å². The number of amides is 1. The number of carbonyl (C=O) groups is 1. The summed E-state index contributed by atoms with van der Waals surface area (Å²) in [6.07, 6.45) is 5.69. The summed E-state index contributed by atoms with van der Waals surface area (Å²) < 4.78 is 11.9. The Kier molecular flexibility index (Phi) is 7.85. The first-order valence-corrected chi connectivity index (χ1v) is 8.34. The standard InChI is InChI=1S/C17H30N2O4/c1-5-17(4,8-10-18-21)23-13-9-16(2,3)22-14-12-19-11-6-7-15(19)20/h6-7H,5,8-14H2,1-4H3. The van der Waals surface area contributed by atoms with Crippen LogP contribution in [0.2, 0.25) is 0 Å². The fourth-order valence-corrected chi connectivity index (χ4v) is 2.36. The van der Waals surface area contributed by atoms with Crippen molar-refractivity contribution in [3.05, 3.63) is 17.1 Å². The van der Waals surface area contributed by atoms with Crippen LogP contribution in [0.25, 0.3) is 0 Å². The molecule has 23 heavy (non-hydrogen) atoms. The first kappa shape index (κ1) is 19.8. The molecule has 132 valence electrons. The van der Waals surface area contributed by atoms with Crippen LogP contribution < -0.4 is 0 Å². The summed E-state index contributed by atoms with van der Waals surface area (Å²) in [6.45, 7) is 10.8. The summed E-state index contributed by atoms with van der Waals surface area (Å²) in [5, 5.41) is 2.92. The van der Waals surface area contributed by atoms with Crippen molar-refractivity contribution >= 4 is 5.91 Å². The molecule has 1 unspecified atom stereocenters. The van der Waals surface area contributed by atoms with Crippen molar-refractivity contribution < 1.29 is 14.3 Å². The lowest BCUT2D eigenvalue weighted by Crippen LogP contribution is -2.35. The quantitative estimate of drug-likeness (QED) is 0.517. The highest BCUT2D eigenvalue weighted by molar-refractivity contribution is 5.89. The van der Waals surface area contributed by atoms with Crippen LogP contribution in [0.5, 0.6) is 0 Å². The van der Waals surface area contributed by atoms with Crippen LogP contribution in [0.1, 0.15) is 47.0 Å². The van der Waals surface area contributed by atoms with Crippen LogP contribution in [0.3, 0.4) is 0 Å². The fourth-order valence-electron chi connectivity index (χ4n) is 2.36. The highest BCUT2D eigenvalue weighted by Gasteiger charge is 2.25. The minimum absolute atomic E-state index is 0.0530. The summed E-state index contributed by atoms with van der Waals surface area (Å²) in [7, 11) is 0. The molecule has 0 spiro atoms. The number of hydrogen-bond acceptors (Lipinski definition) is 5. The van der Waals surface area contributed by atoms with Crippen LogP contribution in [-0.4, -0.2) is 54.9 Å². The Labute approximate surface area is 139 Å². The molecular formula is C17H30N2O4. The summed E-state index contributed by atoms with van der Waals surface area (Å²) >= 11 is 0. The monoisotopic (exact) mass is 326 g/mol. The van der Waals surface area contributed by atoms with E-state index in [1.807, 2.05) is 33.8 Å². The third-order valence-electron chi connectivity index (χ3n) is 4.39. The van der Waals surface area contributed by atoms with E-state index >= 15 is 0 Å². The Balaban J connectivity index is 2.25. The minimum Gasteiger partial charge on any atom is -0.375 e. The molecule has 0 N–H and O–H groups in total. The van der Waals surface area contributed by atoms with E-state index in [1.165, 1.54) is 0 Å². The van der Waals surface area contributed by atoms with E-state index in [9.17, 15) is 9.70 Å². The molecule has 0 aliphatic carbocycles. The zero-order valence-corrected chi connectivity index (χ0v) is 14.8. The normalized spacial score (nSPS) is 17.6. The number of rotatable bonds is 12. The van der Waals surface area contributed by atoms with Gasteiger partial charge in [-0.3, -0.25) is 4.79 Å². The van der Waals surface area contributed by atoms with E-state index < -0.39 is 0 Å². The molecule has 0 saturated heterocycles. The van der Waals surface area contributed by atoms with E-state index in [4.69, 9.17) is 9.47 Å². The van der Waals surface area contributed by atoms with E-state index in [-0.39, 0.29) is 23.7 Å². The van der Waals surface area contributed by atoms with Gasteiger partial charge in [-0.2, -0.15) is 4.91 Å². The molecule has 1 aliphatic heterocycles. The predicted octanol–water partition coefficient (Wildman–Crippen LogP) is 2.91. The first-order valence-electron chi connectivity index (χ1n) is 8.34. The number of nitrogens with zero attached hydrogens (tertiary/aromatic N) is 2. The van der Waals surface area contributed by atoms with E-state index in [0.717, 1.165) is 12.8 Å². The van der Waals surface area contributed by atoms with Gasteiger partial charge in [0.1, 0.15) is 0 Å². The Morgan fingerprint density at radius 2 is 1.96 bits per heavy atom. The molecule has 0 saturated carbocycles. The zero-order chi connectivity index (χ0) is 17.3. The minimum atomic E-state index is -0.312. The lowest BCUT2D eigenvalue weighted by atomic mass is 9.98. The molecule has 1 atom stereocenters. The molecule has 6 heteroatoms. The van der Waals surface area contributed by atoms with Gasteiger partial charge < -0.3 is 14.4 Å². The Morgan fingerprint density at radius 3 is 2.52 bits per heavy atom. The molecule has 0 aromatic carbocycles. The summed E-state index contributed by atoms with van der Waals surface area (Å²) in [5.74, 6) is 0.0530. The van der Waals surface area contributed by atoms with Crippen LogP contribution in [0.4, 0.5) is 0 Å². The number of hydrogen-bond donors (Lipinski definition) is 0. The van der Waals surface area contributed by atoms with Gasteiger partial charge in [0.25, 0.3) is 0 Å². The lowest BCUT2D eigenvalue weighted by Gasteiger charge is -2.31. The SMILES string of the molecule is CCC(C)(CCN=O)OCCC(C)(C)OCCN1CC=CC1=O. The van der Waals surface area contributed by atoms with Crippen LogP contribution in [0.15, 0.2) is 17.3 Å². The first-order chi connectivity index (χ1) is 10.8. The van der Waals surface area contributed by atoms with Gasteiger partial charge in [-0.15, -0.1) is 0 Å². The van der Waals surface area contributed by atoms with Gasteiger partial charge in [0.2, 0.25) is 5.91 Å². The molecule has 0 fully saturated rings. The van der Waals surface area contributed by atoms with Gasteiger partial charge in [-0.05, 0) is 40.0 Å². The van der Waals surface area contributed by atoms with Gasteiger partial charge in [-0.1, -0.05) is 18.2 Å². The highest BCUT2D eigenvalue weighted by Crippen LogP contribution is 2.22. The highest BCUT2D eigenvalue weighted by atomic mass is 16.5. The second kappa shape index (κ2) is 9.13. The third-order valence-corrected chi connectivity index (χ3v) is 4.39.